The van der Waals surface area contributed by atoms with E-state index in [1.165, 1.54) is 24.3 Å². The van der Waals surface area contributed by atoms with Gasteiger partial charge in [-0.1, -0.05) is 5.92 Å². The summed E-state index contributed by atoms with van der Waals surface area (Å²) in [6, 6.07) is 8.83. The van der Waals surface area contributed by atoms with E-state index in [-0.39, 0.29) is 11.4 Å². The molecule has 1 heterocycles. The van der Waals surface area contributed by atoms with Crippen molar-refractivity contribution in [3.63, 3.8) is 0 Å². The maximum absolute atomic E-state index is 12.3. The maximum atomic E-state index is 12.3. The summed E-state index contributed by atoms with van der Waals surface area (Å²) in [7, 11) is -3.69. The Morgan fingerprint density at radius 2 is 2.00 bits per heavy atom. The number of hydrogen-bond acceptors (Lipinski definition) is 5. The van der Waals surface area contributed by atoms with E-state index >= 15 is 0 Å². The second kappa shape index (κ2) is 8.28. The molecule has 0 saturated carbocycles. The van der Waals surface area contributed by atoms with Crippen molar-refractivity contribution < 1.29 is 17.9 Å². The molecule has 0 spiro atoms. The van der Waals surface area contributed by atoms with Gasteiger partial charge in [0.1, 0.15) is 5.69 Å². The van der Waals surface area contributed by atoms with Gasteiger partial charge in [-0.3, -0.25) is 4.79 Å². The predicted molar refractivity (Wildman–Crippen MR) is 93.8 cm³/mol. The van der Waals surface area contributed by atoms with Crippen LogP contribution in [0.2, 0.25) is 0 Å². The summed E-state index contributed by atoms with van der Waals surface area (Å²) in [6.45, 7) is 2.12. The molecule has 0 aliphatic carbocycles. The van der Waals surface area contributed by atoms with E-state index in [4.69, 9.17) is 11.2 Å². The number of aromatic nitrogens is 1. The Bertz CT molecular complexity index is 887. The van der Waals surface area contributed by atoms with Gasteiger partial charge in [-0.25, -0.2) is 13.4 Å². The maximum Gasteiger partial charge on any atom is 0.255 e. The number of hydrogen-bond donors (Lipinski definition) is 2. The van der Waals surface area contributed by atoms with Gasteiger partial charge in [-0.15, -0.1) is 6.42 Å². The van der Waals surface area contributed by atoms with Gasteiger partial charge in [-0.05, 0) is 43.3 Å². The summed E-state index contributed by atoms with van der Waals surface area (Å²) < 4.78 is 31.5. The first-order chi connectivity index (χ1) is 12.0. The molecule has 0 aliphatic heterocycles. The summed E-state index contributed by atoms with van der Waals surface area (Å²) >= 11 is 0. The van der Waals surface area contributed by atoms with E-state index in [1.54, 1.807) is 18.3 Å². The van der Waals surface area contributed by atoms with Gasteiger partial charge >= 0.3 is 0 Å². The number of sulfonamides is 1. The second-order valence-corrected chi connectivity index (χ2v) is 6.56. The summed E-state index contributed by atoms with van der Waals surface area (Å²) in [5, 5.41) is 2.69. The molecule has 1 aromatic carbocycles. The fourth-order valence-electron chi connectivity index (χ4n) is 1.94. The largest absolute Gasteiger partial charge is 0.476 e. The fourth-order valence-corrected chi connectivity index (χ4v) is 2.87. The molecule has 0 unspecified atom stereocenters. The van der Waals surface area contributed by atoms with Crippen LogP contribution in [0.3, 0.4) is 0 Å². The highest BCUT2D eigenvalue weighted by Crippen LogP contribution is 2.21. The molecule has 0 bridgehead atoms. The van der Waals surface area contributed by atoms with Crippen LogP contribution in [0.5, 0.6) is 5.88 Å². The van der Waals surface area contributed by atoms with Gasteiger partial charge in [0.05, 0.1) is 18.0 Å². The number of nitrogens with one attached hydrogen (secondary N) is 2. The number of pyridine rings is 1. The smallest absolute Gasteiger partial charge is 0.255 e. The number of benzene rings is 1. The molecular formula is C17H17N3O4S. The standard InChI is InChI=1S/C17H17N3O4S/c1-3-11-19-25(22,23)14-9-7-13(8-10-14)16(21)20-15-6-5-12-18-17(15)24-4-2/h1,5-10,12,19H,4,11H2,2H3,(H,20,21). The van der Waals surface area contributed by atoms with Crippen LogP contribution in [-0.4, -0.2) is 32.5 Å². The third kappa shape index (κ3) is 4.79. The molecule has 8 heteroatoms. The lowest BCUT2D eigenvalue weighted by Gasteiger charge is -2.10. The zero-order chi connectivity index (χ0) is 18.3. The van der Waals surface area contributed by atoms with Crippen molar-refractivity contribution >= 4 is 21.6 Å². The topological polar surface area (TPSA) is 97.4 Å². The van der Waals surface area contributed by atoms with Crippen LogP contribution in [0.15, 0.2) is 47.5 Å². The van der Waals surface area contributed by atoms with Crippen molar-refractivity contribution in [2.24, 2.45) is 0 Å². The molecule has 2 N–H and O–H groups in total. The highest BCUT2D eigenvalue weighted by atomic mass is 32.2. The molecule has 2 rings (SSSR count). The molecular weight excluding hydrogens is 342 g/mol. The minimum atomic E-state index is -3.69. The van der Waals surface area contributed by atoms with Gasteiger partial charge in [-0.2, -0.15) is 4.72 Å². The first-order valence-electron chi connectivity index (χ1n) is 7.40. The van der Waals surface area contributed by atoms with Crippen molar-refractivity contribution in [2.45, 2.75) is 11.8 Å². The molecule has 25 heavy (non-hydrogen) atoms. The van der Waals surface area contributed by atoms with Crippen LogP contribution in [0, 0.1) is 12.3 Å². The van der Waals surface area contributed by atoms with Crippen LogP contribution in [-0.2, 0) is 10.0 Å². The highest BCUT2D eigenvalue weighted by Gasteiger charge is 2.15. The molecule has 0 fully saturated rings. The lowest BCUT2D eigenvalue weighted by molar-refractivity contribution is 0.102. The molecule has 2 aromatic rings. The summed E-state index contributed by atoms with van der Waals surface area (Å²) in [4.78, 5) is 16.4. The van der Waals surface area contributed by atoms with Gasteiger partial charge in [0, 0.05) is 11.8 Å². The Morgan fingerprint density at radius 3 is 2.64 bits per heavy atom. The molecule has 0 radical (unpaired) electrons. The summed E-state index contributed by atoms with van der Waals surface area (Å²) in [6.07, 6.45) is 6.60. The van der Waals surface area contributed by atoms with Crippen molar-refractivity contribution in [3.8, 4) is 18.2 Å². The van der Waals surface area contributed by atoms with E-state index in [2.05, 4.69) is 20.9 Å². The Hall–Kier alpha value is -2.89. The van der Waals surface area contributed by atoms with E-state index < -0.39 is 15.9 Å². The van der Waals surface area contributed by atoms with Gasteiger partial charge in [0.25, 0.3) is 5.91 Å². The molecule has 7 nitrogen and oxygen atoms in total. The average Bonchev–Trinajstić information content (AvgIpc) is 2.62. The van der Waals surface area contributed by atoms with Crippen molar-refractivity contribution in [1.29, 1.82) is 0 Å². The number of carbonyl (C=O) groups excluding carboxylic acids is 1. The Kier molecular flexibility index (Phi) is 6.11. The third-order valence-corrected chi connectivity index (χ3v) is 4.51. The first kappa shape index (κ1) is 18.4. The monoisotopic (exact) mass is 359 g/mol. The highest BCUT2D eigenvalue weighted by molar-refractivity contribution is 7.89. The first-order valence-corrected chi connectivity index (χ1v) is 8.88. The molecule has 130 valence electrons. The minimum absolute atomic E-state index is 0.0238. The summed E-state index contributed by atoms with van der Waals surface area (Å²) in [5.74, 6) is 2.10. The number of rotatable bonds is 7. The van der Waals surface area contributed by atoms with E-state index in [0.717, 1.165) is 0 Å². The average molecular weight is 359 g/mol. The number of terminal acetylenes is 1. The number of anilines is 1. The third-order valence-electron chi connectivity index (χ3n) is 3.09. The van der Waals surface area contributed by atoms with E-state index in [1.807, 2.05) is 6.92 Å². The molecule has 0 saturated heterocycles. The Balaban J connectivity index is 2.15. The lowest BCUT2D eigenvalue weighted by Crippen LogP contribution is -2.24. The van der Waals surface area contributed by atoms with Gasteiger partial charge in [0.2, 0.25) is 15.9 Å². The Labute approximate surface area is 146 Å². The number of amides is 1. The molecule has 1 amide bonds. The van der Waals surface area contributed by atoms with Crippen LogP contribution < -0.4 is 14.8 Å². The Morgan fingerprint density at radius 1 is 1.28 bits per heavy atom. The second-order valence-electron chi connectivity index (χ2n) is 4.80. The van der Waals surface area contributed by atoms with Gasteiger partial charge in [0.15, 0.2) is 0 Å². The number of nitrogens with zero attached hydrogens (tertiary/aromatic N) is 1. The molecule has 1 aromatic heterocycles. The number of carbonyl (C=O) groups is 1. The normalized spacial score (nSPS) is 10.7. The van der Waals surface area contributed by atoms with Crippen LogP contribution >= 0.6 is 0 Å². The minimum Gasteiger partial charge on any atom is -0.476 e. The van der Waals surface area contributed by atoms with Gasteiger partial charge < -0.3 is 10.1 Å². The zero-order valence-corrected chi connectivity index (χ0v) is 14.3. The van der Waals surface area contributed by atoms with E-state index in [0.29, 0.717) is 23.7 Å². The quantitative estimate of drug-likeness (QED) is 0.733. The van der Waals surface area contributed by atoms with Crippen molar-refractivity contribution in [3.05, 3.63) is 48.2 Å². The zero-order valence-electron chi connectivity index (χ0n) is 13.5. The molecule has 0 atom stereocenters. The lowest BCUT2D eigenvalue weighted by atomic mass is 10.2. The van der Waals surface area contributed by atoms with Crippen LogP contribution in [0.4, 0.5) is 5.69 Å². The molecule has 0 aliphatic rings. The predicted octanol–water partition coefficient (Wildman–Crippen LogP) is 1.64. The number of ether oxygens (including phenoxy) is 1. The van der Waals surface area contributed by atoms with E-state index in [9.17, 15) is 13.2 Å². The summed E-state index contributed by atoms with van der Waals surface area (Å²) in [5.41, 5.74) is 0.726. The van der Waals surface area contributed by atoms with Crippen molar-refractivity contribution in [1.82, 2.24) is 9.71 Å². The fraction of sp³-hybridized carbons (Fsp3) is 0.176. The SMILES string of the molecule is C#CCNS(=O)(=O)c1ccc(C(=O)Nc2cccnc2OCC)cc1. The van der Waals surface area contributed by atoms with Crippen LogP contribution in [0.25, 0.3) is 0 Å². The van der Waals surface area contributed by atoms with Crippen LogP contribution in [0.1, 0.15) is 17.3 Å². The van der Waals surface area contributed by atoms with Crippen molar-refractivity contribution in [2.75, 3.05) is 18.5 Å².